The smallest absolute Gasteiger partial charge is 0.235 e. The van der Waals surface area contributed by atoms with Gasteiger partial charge < -0.3 is 5.32 Å². The Hall–Kier alpha value is -2.25. The largest absolute Gasteiger partial charge is 0.348 e. The molecule has 0 spiro atoms. The Kier molecular flexibility index (Phi) is 5.92. The monoisotopic (exact) mass is 390 g/mol. The summed E-state index contributed by atoms with van der Waals surface area (Å²) in [4.78, 5) is 12.5. The number of amides is 1. The molecule has 1 atom stereocenters. The molecule has 2 aromatic carbocycles. The van der Waals surface area contributed by atoms with E-state index in [1.54, 1.807) is 0 Å². The Balaban J connectivity index is 1.69. The minimum Gasteiger partial charge on any atom is -0.348 e. The second-order valence-corrected chi connectivity index (χ2v) is 8.85. The Morgan fingerprint density at radius 1 is 1.19 bits per heavy atom. The molecule has 0 radical (unpaired) electrons. The minimum atomic E-state index is -3.59. The fraction of sp³-hybridized carbons (Fsp3) is 0.350. The molecule has 0 saturated carbocycles. The molecule has 1 unspecified atom stereocenters. The van der Waals surface area contributed by atoms with Crippen LogP contribution in [0.5, 0.6) is 0 Å². The van der Waals surface area contributed by atoms with E-state index in [1.165, 1.54) is 29.8 Å². The highest BCUT2D eigenvalue weighted by molar-refractivity contribution is 7.88. The van der Waals surface area contributed by atoms with E-state index in [9.17, 15) is 17.6 Å². The van der Waals surface area contributed by atoms with Gasteiger partial charge in [-0.2, -0.15) is 4.31 Å². The maximum atomic E-state index is 13.1. The number of carbonyl (C=O) groups excluding carboxylic acids is 1. The highest BCUT2D eigenvalue weighted by atomic mass is 32.2. The molecule has 0 aliphatic heterocycles. The maximum absolute atomic E-state index is 13.1. The lowest BCUT2D eigenvalue weighted by Gasteiger charge is -2.27. The van der Waals surface area contributed by atoms with Crippen molar-refractivity contribution in [2.45, 2.75) is 31.8 Å². The van der Waals surface area contributed by atoms with Crippen LogP contribution in [0.2, 0.25) is 0 Å². The van der Waals surface area contributed by atoms with E-state index in [-0.39, 0.29) is 25.0 Å². The Morgan fingerprint density at radius 3 is 2.59 bits per heavy atom. The highest BCUT2D eigenvalue weighted by Gasteiger charge is 2.25. The second-order valence-electron chi connectivity index (χ2n) is 6.87. The highest BCUT2D eigenvalue weighted by Crippen LogP contribution is 2.29. The summed E-state index contributed by atoms with van der Waals surface area (Å²) in [6.45, 7) is -0.247. The van der Waals surface area contributed by atoms with Gasteiger partial charge in [-0.05, 0) is 48.1 Å². The number of hydrogen-bond donors (Lipinski definition) is 1. The summed E-state index contributed by atoms with van der Waals surface area (Å²) in [6, 6.07) is 13.5. The van der Waals surface area contributed by atoms with E-state index in [0.29, 0.717) is 5.56 Å². The van der Waals surface area contributed by atoms with Crippen molar-refractivity contribution in [1.29, 1.82) is 0 Å². The van der Waals surface area contributed by atoms with Gasteiger partial charge in [-0.1, -0.05) is 36.4 Å². The summed E-state index contributed by atoms with van der Waals surface area (Å²) in [5.74, 6) is -0.734. The number of carbonyl (C=O) groups is 1. The van der Waals surface area contributed by atoms with Crippen molar-refractivity contribution in [2.75, 3.05) is 12.8 Å². The second kappa shape index (κ2) is 8.19. The molecule has 5 nitrogen and oxygen atoms in total. The molecule has 1 aliphatic rings. The molecule has 1 aliphatic carbocycles. The molecule has 0 heterocycles. The fourth-order valence-corrected chi connectivity index (χ4v) is 4.12. The summed E-state index contributed by atoms with van der Waals surface area (Å²) in [5.41, 5.74) is 2.94. The number of nitrogens with zero attached hydrogens (tertiary/aromatic N) is 1. The summed E-state index contributed by atoms with van der Waals surface area (Å²) >= 11 is 0. The van der Waals surface area contributed by atoms with Gasteiger partial charge in [0.25, 0.3) is 0 Å². The van der Waals surface area contributed by atoms with Crippen LogP contribution in [0.4, 0.5) is 4.39 Å². The van der Waals surface area contributed by atoms with Gasteiger partial charge in [0.1, 0.15) is 5.82 Å². The van der Waals surface area contributed by atoms with Crippen molar-refractivity contribution in [3.63, 3.8) is 0 Å². The van der Waals surface area contributed by atoms with Gasteiger partial charge in [-0.25, -0.2) is 12.8 Å². The lowest BCUT2D eigenvalue weighted by molar-refractivity contribution is -0.122. The van der Waals surface area contributed by atoms with Crippen LogP contribution in [0.3, 0.4) is 0 Å². The molecule has 27 heavy (non-hydrogen) atoms. The number of aryl methyl sites for hydroxylation is 1. The summed E-state index contributed by atoms with van der Waals surface area (Å²) in [5, 5.41) is 2.97. The number of sulfonamides is 1. The third kappa shape index (κ3) is 5.14. The van der Waals surface area contributed by atoms with E-state index in [4.69, 9.17) is 0 Å². The molecule has 0 fully saturated rings. The van der Waals surface area contributed by atoms with Crippen molar-refractivity contribution in [1.82, 2.24) is 9.62 Å². The molecule has 0 saturated heterocycles. The number of halogens is 1. The van der Waals surface area contributed by atoms with Gasteiger partial charge in [0.05, 0.1) is 18.8 Å². The number of hydrogen-bond acceptors (Lipinski definition) is 3. The zero-order valence-electron chi connectivity index (χ0n) is 15.2. The molecule has 1 N–H and O–H groups in total. The lowest BCUT2D eigenvalue weighted by atomic mass is 9.88. The first-order valence-corrected chi connectivity index (χ1v) is 10.7. The van der Waals surface area contributed by atoms with Crippen molar-refractivity contribution in [3.8, 4) is 0 Å². The van der Waals surface area contributed by atoms with Crippen LogP contribution in [-0.2, 0) is 27.8 Å². The van der Waals surface area contributed by atoms with E-state index in [0.717, 1.165) is 35.4 Å². The van der Waals surface area contributed by atoms with Gasteiger partial charge in [0.15, 0.2) is 0 Å². The molecule has 3 rings (SSSR count). The van der Waals surface area contributed by atoms with Crippen LogP contribution in [0.15, 0.2) is 48.5 Å². The van der Waals surface area contributed by atoms with Crippen LogP contribution < -0.4 is 5.32 Å². The van der Waals surface area contributed by atoms with Gasteiger partial charge in [0.2, 0.25) is 15.9 Å². The number of nitrogens with one attached hydrogen (secondary N) is 1. The third-order valence-electron chi connectivity index (χ3n) is 4.77. The molecular formula is C20H23FN2O3S. The topological polar surface area (TPSA) is 66.5 Å². The molecular weight excluding hydrogens is 367 g/mol. The van der Waals surface area contributed by atoms with Crippen molar-refractivity contribution in [2.24, 2.45) is 0 Å². The molecule has 0 bridgehead atoms. The van der Waals surface area contributed by atoms with E-state index in [1.807, 2.05) is 18.2 Å². The molecule has 2 aromatic rings. The fourth-order valence-electron chi connectivity index (χ4n) is 3.39. The van der Waals surface area contributed by atoms with Gasteiger partial charge in [-0.3, -0.25) is 4.79 Å². The van der Waals surface area contributed by atoms with Crippen LogP contribution in [0.25, 0.3) is 0 Å². The van der Waals surface area contributed by atoms with Gasteiger partial charge >= 0.3 is 0 Å². The van der Waals surface area contributed by atoms with E-state index >= 15 is 0 Å². The summed E-state index contributed by atoms with van der Waals surface area (Å²) in [6.07, 6.45) is 3.87. The maximum Gasteiger partial charge on any atom is 0.235 e. The quantitative estimate of drug-likeness (QED) is 0.825. The Labute approximate surface area is 159 Å². The summed E-state index contributed by atoms with van der Waals surface area (Å²) in [7, 11) is -3.59. The first-order chi connectivity index (χ1) is 12.8. The minimum absolute atomic E-state index is 0.0216. The van der Waals surface area contributed by atoms with E-state index < -0.39 is 15.8 Å². The SMILES string of the molecule is CS(=O)(=O)N(CC(=O)NC1CCCc2ccccc21)Cc1ccc(F)cc1. The molecule has 1 amide bonds. The number of benzene rings is 2. The van der Waals surface area contributed by atoms with Crippen LogP contribution in [0, 0.1) is 5.82 Å². The number of fused-ring (bicyclic) bond motifs is 1. The van der Waals surface area contributed by atoms with Crippen LogP contribution in [-0.4, -0.2) is 31.4 Å². The van der Waals surface area contributed by atoms with E-state index in [2.05, 4.69) is 11.4 Å². The average molecular weight is 390 g/mol. The van der Waals surface area contributed by atoms with Crippen molar-refractivity contribution in [3.05, 3.63) is 71.0 Å². The normalized spacial score (nSPS) is 16.8. The van der Waals surface area contributed by atoms with Crippen LogP contribution >= 0.6 is 0 Å². The molecule has 7 heteroatoms. The first-order valence-electron chi connectivity index (χ1n) is 8.89. The standard InChI is InChI=1S/C20H23FN2O3S/c1-27(25,26)23(13-15-9-11-17(21)12-10-15)14-20(24)22-19-8-4-6-16-5-2-3-7-18(16)19/h2-3,5,7,9-12,19H,4,6,8,13-14H2,1H3,(H,22,24). The molecule has 0 aromatic heterocycles. The summed E-state index contributed by atoms with van der Waals surface area (Å²) < 4.78 is 38.4. The number of rotatable bonds is 6. The third-order valence-corrected chi connectivity index (χ3v) is 5.96. The average Bonchev–Trinajstić information content (AvgIpc) is 2.62. The Bertz CT molecular complexity index is 913. The first kappa shape index (κ1) is 19.5. The molecule has 144 valence electrons. The van der Waals surface area contributed by atoms with Crippen molar-refractivity contribution < 1.29 is 17.6 Å². The van der Waals surface area contributed by atoms with Crippen LogP contribution in [0.1, 0.15) is 35.6 Å². The predicted octanol–water partition coefficient (Wildman–Crippen LogP) is 2.78. The van der Waals surface area contributed by atoms with Gasteiger partial charge in [-0.15, -0.1) is 0 Å². The zero-order valence-corrected chi connectivity index (χ0v) is 16.0. The zero-order chi connectivity index (χ0) is 19.4. The van der Waals surface area contributed by atoms with Gasteiger partial charge in [0, 0.05) is 6.54 Å². The van der Waals surface area contributed by atoms with Crippen molar-refractivity contribution >= 4 is 15.9 Å². The lowest BCUT2D eigenvalue weighted by Crippen LogP contribution is -2.41. The predicted molar refractivity (Wildman–Crippen MR) is 102 cm³/mol. The Morgan fingerprint density at radius 2 is 1.89 bits per heavy atom.